The molecule has 4 rings (SSSR count). The molecule has 2 aromatic carbocycles. The Morgan fingerprint density at radius 2 is 1.79 bits per heavy atom. The molecule has 1 aliphatic rings. The summed E-state index contributed by atoms with van der Waals surface area (Å²) in [6.45, 7) is 8.47. The van der Waals surface area contributed by atoms with Crippen LogP contribution in [0, 0.1) is 19.8 Å². The number of halogens is 3. The minimum absolute atomic E-state index is 0.0703. The van der Waals surface area contributed by atoms with Crippen LogP contribution in [0.2, 0.25) is 0 Å². The topological polar surface area (TPSA) is 164 Å². The van der Waals surface area contributed by atoms with Crippen molar-refractivity contribution in [2.75, 3.05) is 43.4 Å². The lowest BCUT2D eigenvalue weighted by Crippen LogP contribution is -2.48. The molecule has 3 amide bonds. The van der Waals surface area contributed by atoms with E-state index < -0.39 is 51.8 Å². The van der Waals surface area contributed by atoms with Crippen molar-refractivity contribution in [3.8, 4) is 5.75 Å². The molecule has 1 aromatic heterocycles. The maximum absolute atomic E-state index is 14.4. The van der Waals surface area contributed by atoms with E-state index >= 15 is 0 Å². The van der Waals surface area contributed by atoms with E-state index in [0.717, 1.165) is 18.6 Å². The van der Waals surface area contributed by atoms with Crippen LogP contribution in [0.5, 0.6) is 5.75 Å². The molecule has 0 saturated heterocycles. The van der Waals surface area contributed by atoms with Crippen molar-refractivity contribution in [2.24, 2.45) is 5.92 Å². The van der Waals surface area contributed by atoms with E-state index in [9.17, 15) is 36.3 Å². The molecule has 286 valence electrons. The average Bonchev–Trinajstić information content (AvgIpc) is 3.43. The fraction of sp³-hybridized carbons (Fsp3) is 0.514. The number of fused-ring (bicyclic) bond motifs is 1. The van der Waals surface area contributed by atoms with Crippen LogP contribution in [0.3, 0.4) is 0 Å². The highest BCUT2D eigenvalue weighted by Crippen LogP contribution is 2.32. The Morgan fingerprint density at radius 3 is 2.40 bits per heavy atom. The van der Waals surface area contributed by atoms with Crippen LogP contribution < -0.4 is 14.8 Å². The molecule has 2 heterocycles. The van der Waals surface area contributed by atoms with Crippen molar-refractivity contribution in [3.63, 3.8) is 0 Å². The van der Waals surface area contributed by atoms with E-state index in [2.05, 4.69) is 15.2 Å². The second-order valence-electron chi connectivity index (χ2n) is 13.2. The monoisotopic (exact) mass is 753 g/mol. The number of benzene rings is 2. The van der Waals surface area contributed by atoms with Crippen molar-refractivity contribution in [1.82, 2.24) is 15.0 Å². The predicted molar refractivity (Wildman–Crippen MR) is 187 cm³/mol. The van der Waals surface area contributed by atoms with E-state index in [1.54, 1.807) is 6.92 Å². The van der Waals surface area contributed by atoms with E-state index in [0.29, 0.717) is 19.4 Å². The summed E-state index contributed by atoms with van der Waals surface area (Å²) >= 11 is 0. The van der Waals surface area contributed by atoms with Gasteiger partial charge in [-0.2, -0.15) is 13.2 Å². The predicted octanol–water partition coefficient (Wildman–Crippen LogP) is 6.07. The highest BCUT2D eigenvalue weighted by Gasteiger charge is 2.33. The SMILES string of the molecule is Cc1noc(C)c1S(=O)(=O)Nc1ccc2c(c1)C(=O)N([C@@H](C)CO)C[C@@H](C)[C@@H](CN(C)C(=O)Nc1ccc(C(F)(F)F)cc1)OCCCC[C@@H](C)O2. The number of ether oxygens (including phenoxy) is 2. The zero-order valence-corrected chi connectivity index (χ0v) is 30.8. The third-order valence-corrected chi connectivity index (χ3v) is 10.4. The van der Waals surface area contributed by atoms with E-state index in [-0.39, 0.29) is 64.8 Å². The highest BCUT2D eigenvalue weighted by atomic mass is 32.2. The first-order chi connectivity index (χ1) is 24.4. The zero-order valence-electron chi connectivity index (χ0n) is 30.0. The number of rotatable bonds is 8. The number of nitrogens with one attached hydrogen (secondary N) is 2. The fourth-order valence-corrected chi connectivity index (χ4v) is 7.21. The van der Waals surface area contributed by atoms with Gasteiger partial charge in [-0.15, -0.1) is 0 Å². The van der Waals surface area contributed by atoms with Crippen molar-refractivity contribution in [2.45, 2.75) is 83.2 Å². The quantitative estimate of drug-likeness (QED) is 0.248. The molecule has 0 bridgehead atoms. The number of carbonyl (C=O) groups is 2. The Morgan fingerprint density at radius 1 is 1.12 bits per heavy atom. The van der Waals surface area contributed by atoms with Gasteiger partial charge in [-0.25, -0.2) is 13.2 Å². The van der Waals surface area contributed by atoms with E-state index in [1.165, 1.54) is 61.0 Å². The maximum Gasteiger partial charge on any atom is 0.416 e. The number of amides is 3. The number of anilines is 2. The van der Waals surface area contributed by atoms with Gasteiger partial charge in [-0.3, -0.25) is 9.52 Å². The van der Waals surface area contributed by atoms with Gasteiger partial charge >= 0.3 is 12.2 Å². The van der Waals surface area contributed by atoms with Crippen LogP contribution in [-0.4, -0.2) is 92.0 Å². The molecule has 3 aromatic rings. The number of carbonyl (C=O) groups excluding carboxylic acids is 2. The van der Waals surface area contributed by atoms with Gasteiger partial charge in [-0.05, 0) is 89.4 Å². The van der Waals surface area contributed by atoms with Gasteiger partial charge in [0.15, 0.2) is 10.7 Å². The van der Waals surface area contributed by atoms with Crippen LogP contribution in [-0.2, 0) is 20.9 Å². The molecule has 13 nitrogen and oxygen atoms in total. The zero-order chi connectivity index (χ0) is 38.4. The summed E-state index contributed by atoms with van der Waals surface area (Å²) in [5.41, 5.74) is -0.318. The van der Waals surface area contributed by atoms with Gasteiger partial charge in [0.2, 0.25) is 0 Å². The van der Waals surface area contributed by atoms with Crippen molar-refractivity contribution in [3.05, 3.63) is 65.0 Å². The normalized spacial score (nSPS) is 19.9. The summed E-state index contributed by atoms with van der Waals surface area (Å²) in [4.78, 5) is 30.2. The first-order valence-corrected chi connectivity index (χ1v) is 18.4. The number of likely N-dealkylation sites (N-methyl/N-ethyl adjacent to an activating group) is 1. The Hall–Kier alpha value is -4.35. The maximum atomic E-state index is 14.4. The van der Waals surface area contributed by atoms with Crippen molar-refractivity contribution < 1.29 is 50.3 Å². The number of alkyl halides is 3. The number of hydrogen-bond donors (Lipinski definition) is 3. The number of aliphatic hydroxyl groups excluding tert-OH is 1. The summed E-state index contributed by atoms with van der Waals surface area (Å²) in [6, 6.07) is 7.27. The van der Waals surface area contributed by atoms with Crippen LogP contribution in [0.1, 0.15) is 67.4 Å². The summed E-state index contributed by atoms with van der Waals surface area (Å²) in [5, 5.41) is 16.5. The van der Waals surface area contributed by atoms with E-state index in [1.807, 2.05) is 13.8 Å². The van der Waals surface area contributed by atoms with E-state index in [4.69, 9.17) is 14.0 Å². The molecule has 0 saturated carbocycles. The smallest absolute Gasteiger partial charge is 0.416 e. The third kappa shape index (κ3) is 10.2. The standard InChI is InChI=1S/C35H46F3N5O8S/c1-21-18-43(22(2)20-44)33(45)29-17-28(41-52(47,48)32-24(4)40-51-25(32)5)14-15-30(29)50-23(3)9-7-8-16-49-31(21)19-42(6)34(46)39-27-12-10-26(11-13-27)35(36,37)38/h10-15,17,21-23,31,41,44H,7-9,16,18-20H2,1-6H3,(H,39,46)/t21-,22+,23-,31-/m1/s1. The second-order valence-corrected chi connectivity index (χ2v) is 14.8. The lowest BCUT2D eigenvalue weighted by molar-refractivity contribution is -0.137. The van der Waals surface area contributed by atoms with Gasteiger partial charge in [0, 0.05) is 44.0 Å². The molecule has 0 spiro atoms. The molecule has 0 unspecified atom stereocenters. The first-order valence-electron chi connectivity index (χ1n) is 16.9. The number of nitrogens with zero attached hydrogens (tertiary/aromatic N) is 3. The summed E-state index contributed by atoms with van der Waals surface area (Å²) in [5.74, 6) is -0.581. The van der Waals surface area contributed by atoms with Crippen LogP contribution in [0.25, 0.3) is 0 Å². The number of hydrogen-bond acceptors (Lipinski definition) is 9. The fourth-order valence-electron chi connectivity index (χ4n) is 5.83. The van der Waals surface area contributed by atoms with Gasteiger partial charge in [-0.1, -0.05) is 12.1 Å². The second kappa shape index (κ2) is 17.0. The molecule has 1 aliphatic heterocycles. The molecule has 17 heteroatoms. The molecular weight excluding hydrogens is 707 g/mol. The van der Waals surface area contributed by atoms with Crippen LogP contribution in [0.4, 0.5) is 29.3 Å². The Kier molecular flexibility index (Phi) is 13.2. The van der Waals surface area contributed by atoms with Gasteiger partial charge in [0.1, 0.15) is 11.4 Å². The Balaban J connectivity index is 1.60. The summed E-state index contributed by atoms with van der Waals surface area (Å²) < 4.78 is 85.6. The minimum Gasteiger partial charge on any atom is -0.490 e. The van der Waals surface area contributed by atoms with Crippen LogP contribution in [0.15, 0.2) is 51.9 Å². The van der Waals surface area contributed by atoms with Gasteiger partial charge in [0.25, 0.3) is 15.9 Å². The highest BCUT2D eigenvalue weighted by molar-refractivity contribution is 7.92. The van der Waals surface area contributed by atoms with Crippen molar-refractivity contribution in [1.29, 1.82) is 0 Å². The molecule has 0 radical (unpaired) electrons. The molecule has 0 aliphatic carbocycles. The number of urea groups is 1. The van der Waals surface area contributed by atoms with Gasteiger partial charge in [0.05, 0.1) is 36.0 Å². The largest absolute Gasteiger partial charge is 0.490 e. The average molecular weight is 754 g/mol. The molecule has 52 heavy (non-hydrogen) atoms. The third-order valence-electron chi connectivity index (χ3n) is 8.80. The lowest BCUT2D eigenvalue weighted by Gasteiger charge is -2.35. The summed E-state index contributed by atoms with van der Waals surface area (Å²) in [6.07, 6.45) is -3.41. The number of sulfonamides is 1. The van der Waals surface area contributed by atoms with Gasteiger partial charge < -0.3 is 34.2 Å². The number of aliphatic hydroxyl groups is 1. The Bertz CT molecular complexity index is 1780. The Labute approximate surface area is 301 Å². The molecular formula is C35H46F3N5O8S. The number of aryl methyl sites for hydroxylation is 2. The lowest BCUT2D eigenvalue weighted by atomic mass is 10.0. The molecule has 3 N–H and O–H groups in total. The molecule has 0 fully saturated rings. The molecule has 4 atom stereocenters. The van der Waals surface area contributed by atoms with Crippen LogP contribution >= 0.6 is 0 Å². The number of aromatic nitrogens is 1. The summed E-state index contributed by atoms with van der Waals surface area (Å²) in [7, 11) is -2.61. The first kappa shape index (κ1) is 40.4. The minimum atomic E-state index is -4.51. The van der Waals surface area contributed by atoms with Crippen molar-refractivity contribution >= 4 is 33.3 Å².